The van der Waals surface area contributed by atoms with Gasteiger partial charge in [0.25, 0.3) is 0 Å². The van der Waals surface area contributed by atoms with Gasteiger partial charge in [0.2, 0.25) is 5.91 Å². The number of hydrogen-bond acceptors (Lipinski definition) is 1. The standard InChI is InChI=1S/C17H26ClNO/c1-15-5-12-4-13(6-15)8-17(7-12,9-15)14(20)19-11-16(10-18)2-3-16/h12-13H,2-11H2,1H3,(H,19,20). The zero-order valence-electron chi connectivity index (χ0n) is 12.5. The monoisotopic (exact) mass is 295 g/mol. The minimum Gasteiger partial charge on any atom is -0.355 e. The summed E-state index contributed by atoms with van der Waals surface area (Å²) in [4.78, 5) is 12.9. The molecule has 3 heteroatoms. The minimum atomic E-state index is -0.0266. The van der Waals surface area contributed by atoms with Crippen LogP contribution < -0.4 is 5.32 Å². The maximum Gasteiger partial charge on any atom is 0.226 e. The van der Waals surface area contributed by atoms with E-state index < -0.39 is 0 Å². The molecule has 2 unspecified atom stereocenters. The van der Waals surface area contributed by atoms with Crippen molar-refractivity contribution < 1.29 is 4.79 Å². The van der Waals surface area contributed by atoms with Crippen molar-refractivity contribution in [2.75, 3.05) is 12.4 Å². The number of nitrogens with one attached hydrogen (secondary N) is 1. The van der Waals surface area contributed by atoms with Crippen LogP contribution in [0.2, 0.25) is 0 Å². The van der Waals surface area contributed by atoms with Crippen molar-refractivity contribution in [3.63, 3.8) is 0 Å². The molecule has 0 heterocycles. The van der Waals surface area contributed by atoms with Crippen molar-refractivity contribution in [1.29, 1.82) is 0 Å². The Hall–Kier alpha value is -0.240. The molecule has 0 aliphatic heterocycles. The van der Waals surface area contributed by atoms with E-state index in [4.69, 9.17) is 11.6 Å². The predicted molar refractivity (Wildman–Crippen MR) is 80.6 cm³/mol. The maximum absolute atomic E-state index is 12.9. The van der Waals surface area contributed by atoms with E-state index in [0.29, 0.717) is 17.2 Å². The van der Waals surface area contributed by atoms with Gasteiger partial charge in [0.15, 0.2) is 0 Å². The fourth-order valence-electron chi connectivity index (χ4n) is 5.98. The van der Waals surface area contributed by atoms with Gasteiger partial charge in [-0.2, -0.15) is 0 Å². The third-order valence-corrected chi connectivity index (χ3v) is 7.27. The number of amides is 1. The van der Waals surface area contributed by atoms with E-state index in [1.54, 1.807) is 0 Å². The summed E-state index contributed by atoms with van der Waals surface area (Å²) in [5, 5.41) is 3.29. The highest BCUT2D eigenvalue weighted by molar-refractivity contribution is 6.18. The molecule has 0 aromatic carbocycles. The molecule has 1 N–H and O–H groups in total. The van der Waals surface area contributed by atoms with Crippen molar-refractivity contribution >= 4 is 17.5 Å². The van der Waals surface area contributed by atoms with Crippen molar-refractivity contribution in [2.24, 2.45) is 28.1 Å². The Balaban J connectivity index is 1.48. The first-order valence-electron chi connectivity index (χ1n) is 8.31. The molecule has 5 rings (SSSR count). The van der Waals surface area contributed by atoms with Crippen molar-refractivity contribution in [2.45, 2.75) is 58.3 Å². The van der Waals surface area contributed by atoms with Gasteiger partial charge in [0.05, 0.1) is 5.41 Å². The van der Waals surface area contributed by atoms with Crippen LogP contribution in [0.15, 0.2) is 0 Å². The van der Waals surface area contributed by atoms with Crippen molar-refractivity contribution in [3.8, 4) is 0 Å². The highest BCUT2D eigenvalue weighted by atomic mass is 35.5. The molecular formula is C17H26ClNO. The van der Waals surface area contributed by atoms with E-state index in [-0.39, 0.29) is 10.8 Å². The van der Waals surface area contributed by atoms with Crippen LogP contribution >= 0.6 is 11.6 Å². The Morgan fingerprint density at radius 2 is 1.85 bits per heavy atom. The lowest BCUT2D eigenvalue weighted by atomic mass is 9.44. The zero-order valence-corrected chi connectivity index (χ0v) is 13.3. The predicted octanol–water partition coefficient (Wildman–Crippen LogP) is 3.73. The summed E-state index contributed by atoms with van der Waals surface area (Å²) < 4.78 is 0. The Morgan fingerprint density at radius 3 is 2.35 bits per heavy atom. The Morgan fingerprint density at radius 1 is 1.20 bits per heavy atom. The number of alkyl halides is 1. The number of carbonyl (C=O) groups is 1. The minimum absolute atomic E-state index is 0.0266. The molecule has 0 spiro atoms. The first-order chi connectivity index (χ1) is 9.47. The van der Waals surface area contributed by atoms with Gasteiger partial charge in [0, 0.05) is 17.8 Å². The quantitative estimate of drug-likeness (QED) is 0.787. The fraction of sp³-hybridized carbons (Fsp3) is 0.941. The second-order valence-corrected chi connectivity index (χ2v) is 9.14. The molecule has 2 nitrogen and oxygen atoms in total. The van der Waals surface area contributed by atoms with Gasteiger partial charge in [0.1, 0.15) is 0 Å². The van der Waals surface area contributed by atoms with Crippen LogP contribution in [0.25, 0.3) is 0 Å². The van der Waals surface area contributed by atoms with Crippen LogP contribution in [0, 0.1) is 28.1 Å². The van der Waals surface area contributed by atoms with Gasteiger partial charge >= 0.3 is 0 Å². The smallest absolute Gasteiger partial charge is 0.226 e. The van der Waals surface area contributed by atoms with E-state index in [1.807, 2.05) is 0 Å². The van der Waals surface area contributed by atoms with Crippen LogP contribution in [-0.2, 0) is 4.79 Å². The second kappa shape index (κ2) is 4.15. The first kappa shape index (κ1) is 13.4. The summed E-state index contributed by atoms with van der Waals surface area (Å²) in [5.74, 6) is 2.68. The summed E-state index contributed by atoms with van der Waals surface area (Å²) in [6, 6.07) is 0. The molecule has 0 aromatic heterocycles. The molecule has 0 aromatic rings. The molecule has 0 radical (unpaired) electrons. The average Bonchev–Trinajstić information content (AvgIpc) is 3.13. The molecular weight excluding hydrogens is 270 g/mol. The Kier molecular flexibility index (Phi) is 2.79. The number of hydrogen-bond donors (Lipinski definition) is 1. The molecule has 5 aliphatic carbocycles. The second-order valence-electron chi connectivity index (χ2n) is 8.87. The van der Waals surface area contributed by atoms with Gasteiger partial charge in [-0.1, -0.05) is 6.92 Å². The molecule has 4 bridgehead atoms. The van der Waals surface area contributed by atoms with Gasteiger partial charge < -0.3 is 5.32 Å². The summed E-state index contributed by atoms with van der Waals surface area (Å²) in [5.41, 5.74) is 0.663. The lowest BCUT2D eigenvalue weighted by Gasteiger charge is -2.60. The highest BCUT2D eigenvalue weighted by Gasteiger charge is 2.59. The lowest BCUT2D eigenvalue weighted by Crippen LogP contribution is -2.57. The van der Waals surface area contributed by atoms with E-state index in [2.05, 4.69) is 12.2 Å². The molecule has 1 amide bonds. The number of rotatable bonds is 4. The molecule has 5 saturated carbocycles. The molecule has 5 aliphatic rings. The van der Waals surface area contributed by atoms with E-state index in [1.165, 1.54) is 32.1 Å². The van der Waals surface area contributed by atoms with Crippen LogP contribution in [0.4, 0.5) is 0 Å². The fourth-order valence-corrected chi connectivity index (χ4v) is 6.34. The summed E-state index contributed by atoms with van der Waals surface area (Å²) in [6.07, 6.45) is 9.92. The van der Waals surface area contributed by atoms with Crippen LogP contribution in [-0.4, -0.2) is 18.3 Å². The molecule has 20 heavy (non-hydrogen) atoms. The summed E-state index contributed by atoms with van der Waals surface area (Å²) in [6.45, 7) is 3.23. The largest absolute Gasteiger partial charge is 0.355 e. The summed E-state index contributed by atoms with van der Waals surface area (Å²) in [7, 11) is 0. The van der Waals surface area contributed by atoms with E-state index >= 15 is 0 Å². The number of halogens is 1. The average molecular weight is 296 g/mol. The van der Waals surface area contributed by atoms with Crippen LogP contribution in [0.3, 0.4) is 0 Å². The molecule has 2 atom stereocenters. The van der Waals surface area contributed by atoms with E-state index in [9.17, 15) is 4.79 Å². The number of carbonyl (C=O) groups excluding carboxylic acids is 1. The van der Waals surface area contributed by atoms with Crippen molar-refractivity contribution in [3.05, 3.63) is 0 Å². The van der Waals surface area contributed by atoms with Gasteiger partial charge in [-0.05, 0) is 68.6 Å². The highest BCUT2D eigenvalue weighted by Crippen LogP contribution is 2.65. The molecule has 5 fully saturated rings. The topological polar surface area (TPSA) is 29.1 Å². The Labute approximate surface area is 127 Å². The first-order valence-corrected chi connectivity index (χ1v) is 8.84. The normalized spacial score (nSPS) is 47.3. The molecule has 0 saturated heterocycles. The van der Waals surface area contributed by atoms with Crippen molar-refractivity contribution in [1.82, 2.24) is 5.32 Å². The zero-order chi connectivity index (χ0) is 14.0. The van der Waals surface area contributed by atoms with Gasteiger partial charge in [-0.25, -0.2) is 0 Å². The Bertz CT molecular complexity index is 428. The third-order valence-electron chi connectivity index (χ3n) is 6.70. The van der Waals surface area contributed by atoms with Crippen LogP contribution in [0.5, 0.6) is 0 Å². The SMILES string of the molecule is CC12CC3CC(C1)CC(C(=O)NCC1(CCl)CC1)(C3)C2. The van der Waals surface area contributed by atoms with Crippen LogP contribution in [0.1, 0.15) is 58.3 Å². The maximum atomic E-state index is 12.9. The summed E-state index contributed by atoms with van der Waals surface area (Å²) >= 11 is 6.03. The van der Waals surface area contributed by atoms with Gasteiger partial charge in [-0.3, -0.25) is 4.79 Å². The van der Waals surface area contributed by atoms with Gasteiger partial charge in [-0.15, -0.1) is 11.6 Å². The van der Waals surface area contributed by atoms with E-state index in [0.717, 1.165) is 37.6 Å². The lowest BCUT2D eigenvalue weighted by molar-refractivity contribution is -0.155. The molecule has 112 valence electrons. The third kappa shape index (κ3) is 2.01.